The molecule has 1 aliphatic rings. The number of hydrogen-bond acceptors (Lipinski definition) is 6. The number of ether oxygens (including phenoxy) is 1. The number of nitrogens with zero attached hydrogens (tertiary/aromatic N) is 1. The van der Waals surface area contributed by atoms with Gasteiger partial charge in [0, 0.05) is 11.6 Å². The number of phenolic OH excluding ortho intramolecular Hbond substituents is 1. The van der Waals surface area contributed by atoms with Crippen molar-refractivity contribution >= 4 is 28.1 Å². The predicted molar refractivity (Wildman–Crippen MR) is 134 cm³/mol. The fraction of sp³-hybridized carbons (Fsp3) is 0.385. The summed E-state index contributed by atoms with van der Waals surface area (Å²) in [5.41, 5.74) is 4.71. The molecule has 6 nitrogen and oxygen atoms in total. The van der Waals surface area contributed by atoms with E-state index in [9.17, 15) is 9.90 Å². The Labute approximate surface area is 199 Å². The van der Waals surface area contributed by atoms with Crippen LogP contribution in [-0.4, -0.2) is 23.1 Å². The van der Waals surface area contributed by atoms with Gasteiger partial charge in [0.25, 0.3) is 0 Å². The number of carbonyl (C=O) groups excluding carboxylic acids is 1. The van der Waals surface area contributed by atoms with Crippen LogP contribution in [0.4, 0.5) is 10.8 Å². The molecule has 2 aromatic carbocycles. The molecule has 33 heavy (non-hydrogen) atoms. The van der Waals surface area contributed by atoms with Gasteiger partial charge in [-0.3, -0.25) is 4.79 Å². The fourth-order valence-electron chi connectivity index (χ4n) is 4.48. The molecule has 0 saturated heterocycles. The lowest BCUT2D eigenvalue weighted by Crippen LogP contribution is -2.20. The van der Waals surface area contributed by atoms with Crippen molar-refractivity contribution in [1.29, 1.82) is 0 Å². The number of amides is 1. The average Bonchev–Trinajstić information content (AvgIpc) is 3.45. The number of carbonyl (C=O) groups is 1. The van der Waals surface area contributed by atoms with E-state index in [1.165, 1.54) is 11.3 Å². The molecule has 1 saturated carbocycles. The lowest BCUT2D eigenvalue weighted by molar-refractivity contribution is -0.119. The van der Waals surface area contributed by atoms with Crippen LogP contribution in [0.2, 0.25) is 0 Å². The minimum absolute atomic E-state index is 0.0875. The van der Waals surface area contributed by atoms with Gasteiger partial charge in [0.1, 0.15) is 11.5 Å². The van der Waals surface area contributed by atoms with E-state index in [0.29, 0.717) is 10.9 Å². The van der Waals surface area contributed by atoms with Crippen molar-refractivity contribution in [2.24, 2.45) is 5.92 Å². The second-order valence-electron chi connectivity index (χ2n) is 8.69. The molecular formula is C26H31N3O3S. The molecular weight excluding hydrogens is 434 g/mol. The topological polar surface area (TPSA) is 83.5 Å². The zero-order valence-electron chi connectivity index (χ0n) is 19.6. The third-order valence-corrected chi connectivity index (χ3v) is 7.44. The summed E-state index contributed by atoms with van der Waals surface area (Å²) >= 11 is 1.51. The van der Waals surface area contributed by atoms with Crippen molar-refractivity contribution in [3.63, 3.8) is 0 Å². The molecule has 1 heterocycles. The summed E-state index contributed by atoms with van der Waals surface area (Å²) < 4.78 is 5.45. The summed E-state index contributed by atoms with van der Waals surface area (Å²) in [5.74, 6) is 1.04. The quantitative estimate of drug-likeness (QED) is 0.374. The number of aromatic nitrogens is 1. The molecule has 1 amide bonds. The van der Waals surface area contributed by atoms with Crippen LogP contribution >= 0.6 is 11.3 Å². The molecule has 0 aliphatic heterocycles. The normalized spacial score (nSPS) is 14.8. The van der Waals surface area contributed by atoms with Gasteiger partial charge >= 0.3 is 0 Å². The highest BCUT2D eigenvalue weighted by Crippen LogP contribution is 2.38. The van der Waals surface area contributed by atoms with Crippen molar-refractivity contribution in [1.82, 2.24) is 4.98 Å². The van der Waals surface area contributed by atoms with Crippen molar-refractivity contribution < 1.29 is 14.6 Å². The summed E-state index contributed by atoms with van der Waals surface area (Å²) in [4.78, 5) is 18.2. The van der Waals surface area contributed by atoms with Gasteiger partial charge < -0.3 is 20.5 Å². The lowest BCUT2D eigenvalue weighted by atomic mass is 10.0. The van der Waals surface area contributed by atoms with Crippen LogP contribution in [0.3, 0.4) is 0 Å². The Kier molecular flexibility index (Phi) is 6.88. The van der Waals surface area contributed by atoms with E-state index in [2.05, 4.69) is 33.8 Å². The Morgan fingerprint density at radius 3 is 2.70 bits per heavy atom. The largest absolute Gasteiger partial charge is 0.507 e. The number of aromatic hydroxyl groups is 1. The number of nitrogens with one attached hydrogen (secondary N) is 2. The summed E-state index contributed by atoms with van der Waals surface area (Å²) in [7, 11) is 1.60. The van der Waals surface area contributed by atoms with E-state index in [-0.39, 0.29) is 23.6 Å². The first-order valence-electron chi connectivity index (χ1n) is 11.4. The molecule has 0 spiro atoms. The third kappa shape index (κ3) is 4.98. The number of benzene rings is 2. The van der Waals surface area contributed by atoms with Crippen molar-refractivity contribution in [2.45, 2.75) is 52.5 Å². The van der Waals surface area contributed by atoms with Gasteiger partial charge in [-0.1, -0.05) is 42.4 Å². The van der Waals surface area contributed by atoms with E-state index in [0.717, 1.165) is 58.6 Å². The van der Waals surface area contributed by atoms with Crippen LogP contribution in [0.5, 0.6) is 11.5 Å². The third-order valence-electron chi connectivity index (χ3n) is 6.32. The van der Waals surface area contributed by atoms with Crippen LogP contribution in [-0.2, 0) is 4.79 Å². The molecule has 1 aliphatic carbocycles. The number of anilines is 2. The van der Waals surface area contributed by atoms with E-state index in [1.54, 1.807) is 19.2 Å². The van der Waals surface area contributed by atoms with Crippen molar-refractivity contribution in [3.05, 3.63) is 53.2 Å². The summed E-state index contributed by atoms with van der Waals surface area (Å²) in [6.45, 7) is 6.02. The zero-order chi connectivity index (χ0) is 23.5. The van der Waals surface area contributed by atoms with Gasteiger partial charge in [0.15, 0.2) is 5.13 Å². The highest BCUT2D eigenvalue weighted by molar-refractivity contribution is 7.19. The number of aryl methyl sites for hydroxylation is 2. The predicted octanol–water partition coefficient (Wildman–Crippen LogP) is 6.44. The Morgan fingerprint density at radius 2 is 1.97 bits per heavy atom. The summed E-state index contributed by atoms with van der Waals surface area (Å²) in [6.07, 6.45) is 4.20. The SMILES string of the molecule is COc1cccc(O)c1C(C)Nc1cc(-c2sc(NC(=O)C3CCCC3)nc2C)ccc1C. The molecule has 174 valence electrons. The second kappa shape index (κ2) is 9.83. The van der Waals surface area contributed by atoms with E-state index < -0.39 is 0 Å². The first kappa shape index (κ1) is 23.1. The Morgan fingerprint density at radius 1 is 1.21 bits per heavy atom. The van der Waals surface area contributed by atoms with E-state index >= 15 is 0 Å². The van der Waals surface area contributed by atoms with Crippen LogP contribution in [0, 0.1) is 19.8 Å². The Balaban J connectivity index is 1.56. The zero-order valence-corrected chi connectivity index (χ0v) is 20.4. The first-order chi connectivity index (χ1) is 15.9. The van der Waals surface area contributed by atoms with E-state index in [4.69, 9.17) is 4.74 Å². The minimum atomic E-state index is -0.168. The lowest BCUT2D eigenvalue weighted by Gasteiger charge is -2.21. The fourth-order valence-corrected chi connectivity index (χ4v) is 5.45. The van der Waals surface area contributed by atoms with Gasteiger partial charge in [0.2, 0.25) is 5.91 Å². The molecule has 0 radical (unpaired) electrons. The number of hydrogen-bond donors (Lipinski definition) is 3. The maximum absolute atomic E-state index is 12.5. The number of rotatable bonds is 7. The maximum Gasteiger partial charge on any atom is 0.229 e. The Bertz CT molecular complexity index is 1150. The first-order valence-corrected chi connectivity index (χ1v) is 12.2. The van der Waals surface area contributed by atoms with Crippen LogP contribution in [0.1, 0.15) is 55.5 Å². The molecule has 4 rings (SSSR count). The number of thiazole rings is 1. The minimum Gasteiger partial charge on any atom is -0.507 e. The molecule has 1 aromatic heterocycles. The maximum atomic E-state index is 12.5. The van der Waals surface area contributed by atoms with Gasteiger partial charge in [0.05, 0.1) is 29.3 Å². The molecule has 1 atom stereocenters. The smallest absolute Gasteiger partial charge is 0.229 e. The van der Waals surface area contributed by atoms with Crippen LogP contribution in [0.25, 0.3) is 10.4 Å². The number of methoxy groups -OCH3 is 1. The van der Waals surface area contributed by atoms with Gasteiger partial charge in [-0.15, -0.1) is 0 Å². The van der Waals surface area contributed by atoms with E-state index in [1.807, 2.05) is 26.8 Å². The highest BCUT2D eigenvalue weighted by Gasteiger charge is 2.24. The standard InChI is InChI=1S/C26H31N3O3S/c1-15-12-13-19(14-20(15)27-16(2)23-21(30)10-7-11-22(23)32-4)24-17(3)28-26(33-24)29-25(31)18-8-5-6-9-18/h7,10-14,16,18,27,30H,5-6,8-9H2,1-4H3,(H,28,29,31). The molecule has 7 heteroatoms. The van der Waals surface area contributed by atoms with Gasteiger partial charge in [-0.05, 0) is 62.9 Å². The van der Waals surface area contributed by atoms with Crippen LogP contribution in [0.15, 0.2) is 36.4 Å². The van der Waals surface area contributed by atoms with Gasteiger partial charge in [-0.2, -0.15) is 0 Å². The molecule has 0 bridgehead atoms. The average molecular weight is 466 g/mol. The summed E-state index contributed by atoms with van der Waals surface area (Å²) in [6, 6.07) is 11.4. The monoisotopic (exact) mass is 465 g/mol. The molecule has 3 aromatic rings. The molecule has 1 unspecified atom stereocenters. The summed E-state index contributed by atoms with van der Waals surface area (Å²) in [5, 5.41) is 17.6. The van der Waals surface area contributed by atoms with Crippen molar-refractivity contribution in [3.8, 4) is 21.9 Å². The van der Waals surface area contributed by atoms with Gasteiger partial charge in [-0.25, -0.2) is 4.98 Å². The second-order valence-corrected chi connectivity index (χ2v) is 9.69. The molecule has 3 N–H and O–H groups in total. The van der Waals surface area contributed by atoms with Crippen LogP contribution < -0.4 is 15.4 Å². The number of phenols is 1. The highest BCUT2D eigenvalue weighted by atomic mass is 32.1. The molecule has 1 fully saturated rings. The van der Waals surface area contributed by atoms with Crippen molar-refractivity contribution in [2.75, 3.05) is 17.7 Å². The Hall–Kier alpha value is -3.06.